The van der Waals surface area contributed by atoms with Crippen LogP contribution in [0, 0.1) is 12.8 Å². The van der Waals surface area contributed by atoms with Gasteiger partial charge in [0.05, 0.1) is 5.75 Å². The molecule has 0 aliphatic heterocycles. The molecule has 0 spiro atoms. The fraction of sp³-hybridized carbons (Fsp3) is 0.571. The Hall–Kier alpha value is -1.53. The summed E-state index contributed by atoms with van der Waals surface area (Å²) in [6.45, 7) is 4.88. The maximum Gasteiger partial charge on any atom is 0.234 e. The number of nitrogens with one attached hydrogen (secondary N) is 1. The van der Waals surface area contributed by atoms with E-state index in [1.54, 1.807) is 6.07 Å². The van der Waals surface area contributed by atoms with Crippen molar-refractivity contribution < 1.29 is 4.79 Å². The van der Waals surface area contributed by atoms with Gasteiger partial charge in [0.25, 0.3) is 0 Å². The summed E-state index contributed by atoms with van der Waals surface area (Å²) in [5.41, 5.74) is 1.74. The van der Waals surface area contributed by atoms with E-state index in [4.69, 9.17) is 11.6 Å². The first-order valence-corrected chi connectivity index (χ1v) is 11.5. The summed E-state index contributed by atoms with van der Waals surface area (Å²) in [6, 6.07) is 5.49. The molecule has 0 unspecified atom stereocenters. The number of carbonyl (C=O) groups excluding carboxylic acids is 1. The van der Waals surface area contributed by atoms with Crippen molar-refractivity contribution >= 4 is 35.0 Å². The molecule has 1 aliphatic rings. The topological polar surface area (TPSA) is 59.8 Å². The second-order valence-electron chi connectivity index (χ2n) is 7.48. The molecule has 0 saturated heterocycles. The van der Waals surface area contributed by atoms with E-state index in [1.807, 2.05) is 19.1 Å². The number of anilines is 1. The quantitative estimate of drug-likeness (QED) is 0.572. The first-order valence-electron chi connectivity index (χ1n) is 10.2. The second-order valence-corrected chi connectivity index (χ2v) is 8.86. The number of halogens is 1. The van der Waals surface area contributed by atoms with Crippen molar-refractivity contribution in [3.8, 4) is 0 Å². The molecule has 0 bridgehead atoms. The van der Waals surface area contributed by atoms with Crippen molar-refractivity contribution in [2.75, 3.05) is 11.1 Å². The summed E-state index contributed by atoms with van der Waals surface area (Å²) in [7, 11) is 0. The lowest BCUT2D eigenvalue weighted by atomic mass is 9.86. The second kappa shape index (κ2) is 10.3. The molecule has 1 aromatic carbocycles. The van der Waals surface area contributed by atoms with E-state index in [-0.39, 0.29) is 5.91 Å². The number of hydrogen-bond acceptors (Lipinski definition) is 4. The van der Waals surface area contributed by atoms with Gasteiger partial charge in [-0.3, -0.25) is 4.79 Å². The Bertz CT molecular complexity index is 802. The normalized spacial score (nSPS) is 15.0. The summed E-state index contributed by atoms with van der Waals surface area (Å²) in [5.74, 6) is 2.11. The van der Waals surface area contributed by atoms with Crippen LogP contribution in [0.5, 0.6) is 0 Å². The molecule has 1 N–H and O–H groups in total. The Balaban J connectivity index is 1.54. The lowest BCUT2D eigenvalue weighted by molar-refractivity contribution is -0.113. The van der Waals surface area contributed by atoms with Gasteiger partial charge in [0.15, 0.2) is 5.16 Å². The van der Waals surface area contributed by atoms with Gasteiger partial charge in [-0.1, -0.05) is 61.5 Å². The fourth-order valence-corrected chi connectivity index (χ4v) is 4.78. The number of amides is 1. The third-order valence-corrected chi connectivity index (χ3v) is 6.62. The molecule has 1 amide bonds. The van der Waals surface area contributed by atoms with Crippen LogP contribution in [0.4, 0.5) is 5.69 Å². The smallest absolute Gasteiger partial charge is 0.234 e. The summed E-state index contributed by atoms with van der Waals surface area (Å²) in [6.07, 6.45) is 8.99. The van der Waals surface area contributed by atoms with Gasteiger partial charge in [-0.05, 0) is 43.9 Å². The molecule has 1 heterocycles. The molecule has 0 atom stereocenters. The number of hydrogen-bond donors (Lipinski definition) is 1. The van der Waals surface area contributed by atoms with Gasteiger partial charge in [-0.25, -0.2) is 0 Å². The predicted molar refractivity (Wildman–Crippen MR) is 116 cm³/mol. The van der Waals surface area contributed by atoms with Gasteiger partial charge >= 0.3 is 0 Å². The maximum atomic E-state index is 12.4. The molecule has 0 radical (unpaired) electrons. The number of thioether (sulfide) groups is 1. The first kappa shape index (κ1) is 21.2. The number of benzene rings is 1. The monoisotopic (exact) mass is 420 g/mol. The Morgan fingerprint density at radius 3 is 2.82 bits per heavy atom. The molecule has 7 heteroatoms. The predicted octanol–water partition coefficient (Wildman–Crippen LogP) is 5.50. The van der Waals surface area contributed by atoms with Gasteiger partial charge in [0, 0.05) is 23.7 Å². The van der Waals surface area contributed by atoms with Gasteiger partial charge in [-0.2, -0.15) is 0 Å². The largest absolute Gasteiger partial charge is 0.325 e. The SMILES string of the molecule is CCn1c(CCC2CCCCC2)nnc1SCC(=O)Nc1cc(Cl)ccc1C. The lowest BCUT2D eigenvalue weighted by Gasteiger charge is -2.21. The van der Waals surface area contributed by atoms with Crippen molar-refractivity contribution in [1.29, 1.82) is 0 Å². The average Bonchev–Trinajstić information content (AvgIpc) is 3.10. The van der Waals surface area contributed by atoms with Crippen LogP contribution in [0.1, 0.15) is 56.8 Å². The van der Waals surface area contributed by atoms with Gasteiger partial charge < -0.3 is 9.88 Å². The van der Waals surface area contributed by atoms with Crippen molar-refractivity contribution in [1.82, 2.24) is 14.8 Å². The highest BCUT2D eigenvalue weighted by atomic mass is 35.5. The van der Waals surface area contributed by atoms with Crippen LogP contribution in [0.3, 0.4) is 0 Å². The number of aryl methyl sites for hydroxylation is 2. The lowest BCUT2D eigenvalue weighted by Crippen LogP contribution is -2.15. The fourth-order valence-electron chi connectivity index (χ4n) is 3.78. The highest BCUT2D eigenvalue weighted by Gasteiger charge is 2.17. The zero-order valence-corrected chi connectivity index (χ0v) is 18.3. The number of carbonyl (C=O) groups is 1. The number of rotatable bonds is 8. The van der Waals surface area contributed by atoms with Gasteiger partial charge in [0.1, 0.15) is 5.82 Å². The number of nitrogens with zero attached hydrogens (tertiary/aromatic N) is 3. The molecule has 5 nitrogen and oxygen atoms in total. The highest BCUT2D eigenvalue weighted by molar-refractivity contribution is 7.99. The average molecular weight is 421 g/mol. The minimum atomic E-state index is -0.0650. The van der Waals surface area contributed by atoms with E-state index in [2.05, 4.69) is 27.0 Å². The molecule has 2 aromatic rings. The zero-order valence-electron chi connectivity index (χ0n) is 16.7. The third kappa shape index (κ3) is 5.74. The Kier molecular flexibility index (Phi) is 7.80. The summed E-state index contributed by atoms with van der Waals surface area (Å²) in [4.78, 5) is 12.4. The van der Waals surface area contributed by atoms with E-state index < -0.39 is 0 Å². The van der Waals surface area contributed by atoms with Crippen LogP contribution >= 0.6 is 23.4 Å². The molecule has 1 saturated carbocycles. The maximum absolute atomic E-state index is 12.4. The van der Waals surface area contributed by atoms with Crippen molar-refractivity contribution in [3.63, 3.8) is 0 Å². The third-order valence-electron chi connectivity index (χ3n) is 5.42. The minimum Gasteiger partial charge on any atom is -0.325 e. The summed E-state index contributed by atoms with van der Waals surface area (Å²) >= 11 is 7.46. The summed E-state index contributed by atoms with van der Waals surface area (Å²) in [5, 5.41) is 13.1. The van der Waals surface area contributed by atoms with Gasteiger partial charge in [0.2, 0.25) is 5.91 Å². The van der Waals surface area contributed by atoms with E-state index >= 15 is 0 Å². The number of aromatic nitrogens is 3. The Morgan fingerprint density at radius 1 is 1.29 bits per heavy atom. The van der Waals surface area contributed by atoms with E-state index in [0.717, 1.165) is 41.1 Å². The molecule has 152 valence electrons. The van der Waals surface area contributed by atoms with Crippen molar-refractivity contribution in [3.05, 3.63) is 34.6 Å². The molecular formula is C21H29ClN4OS. The van der Waals surface area contributed by atoms with Crippen molar-refractivity contribution in [2.24, 2.45) is 5.92 Å². The van der Waals surface area contributed by atoms with E-state index in [1.165, 1.54) is 50.3 Å². The minimum absolute atomic E-state index is 0.0650. The van der Waals surface area contributed by atoms with Crippen LogP contribution in [-0.4, -0.2) is 26.4 Å². The van der Waals surface area contributed by atoms with Crippen LogP contribution in [0.2, 0.25) is 5.02 Å². The van der Waals surface area contributed by atoms with Crippen LogP contribution in [0.25, 0.3) is 0 Å². The zero-order chi connectivity index (χ0) is 19.9. The first-order chi connectivity index (χ1) is 13.6. The van der Waals surface area contributed by atoms with E-state index in [0.29, 0.717) is 10.8 Å². The van der Waals surface area contributed by atoms with Gasteiger partial charge in [-0.15, -0.1) is 10.2 Å². The van der Waals surface area contributed by atoms with E-state index in [9.17, 15) is 4.79 Å². The molecule has 1 fully saturated rings. The molecule has 3 rings (SSSR count). The summed E-state index contributed by atoms with van der Waals surface area (Å²) < 4.78 is 2.14. The van der Waals surface area contributed by atoms with Crippen LogP contribution in [-0.2, 0) is 17.8 Å². The molecule has 1 aromatic heterocycles. The van der Waals surface area contributed by atoms with Crippen LogP contribution in [0.15, 0.2) is 23.4 Å². The highest BCUT2D eigenvalue weighted by Crippen LogP contribution is 2.28. The molecular weight excluding hydrogens is 392 g/mol. The van der Waals surface area contributed by atoms with Crippen molar-refractivity contribution in [2.45, 2.75) is 70.5 Å². The van der Waals surface area contributed by atoms with Crippen LogP contribution < -0.4 is 5.32 Å². The molecule has 1 aliphatic carbocycles. The molecule has 28 heavy (non-hydrogen) atoms. The Labute approximate surface area is 176 Å². The Morgan fingerprint density at radius 2 is 2.07 bits per heavy atom. The standard InChI is InChI=1S/C21H29ClN4OS/c1-3-26-19(12-10-16-7-5-4-6-8-16)24-25-21(26)28-14-20(27)23-18-13-17(22)11-9-15(18)2/h9,11,13,16H,3-8,10,12,14H2,1-2H3,(H,23,27).